The van der Waals surface area contributed by atoms with E-state index in [0.29, 0.717) is 31.1 Å². The van der Waals surface area contributed by atoms with Crippen molar-refractivity contribution in [2.24, 2.45) is 35.5 Å². The molecule has 0 unspecified atom stereocenters. The fourth-order valence-electron chi connectivity index (χ4n) is 10.0. The van der Waals surface area contributed by atoms with Crippen LogP contribution in [0.2, 0.25) is 0 Å². The number of ether oxygens (including phenoxy) is 7. The van der Waals surface area contributed by atoms with Crippen molar-refractivity contribution in [1.82, 2.24) is 9.80 Å². The zero-order chi connectivity index (χ0) is 45.3. The summed E-state index contributed by atoms with van der Waals surface area (Å²) in [4.78, 5) is 32.1. The summed E-state index contributed by atoms with van der Waals surface area (Å²) in [6, 6.07) is -0.684. The number of methoxy groups -OCH3 is 2. The Morgan fingerprint density at radius 3 is 2.05 bits per heavy atom. The number of esters is 1. The lowest BCUT2D eigenvalue weighted by Gasteiger charge is -2.47. The molecule has 0 aromatic rings. The predicted octanol–water partition coefficient (Wildman–Crippen LogP) is 3.34. The molecular formula is C46H80N2O13. The monoisotopic (exact) mass is 869 g/mol. The minimum Gasteiger partial charge on any atom is -0.462 e. The molecule has 0 amide bonds. The van der Waals surface area contributed by atoms with Gasteiger partial charge < -0.3 is 63.4 Å². The van der Waals surface area contributed by atoms with Gasteiger partial charge in [-0.15, -0.1) is 0 Å². The molecule has 4 aliphatic heterocycles. The number of ketones is 1. The average Bonchev–Trinajstić information content (AvgIpc) is 3.19. The summed E-state index contributed by atoms with van der Waals surface area (Å²) in [6.07, 6.45) is -2.96. The second-order valence-corrected chi connectivity index (χ2v) is 18.9. The summed E-state index contributed by atoms with van der Waals surface area (Å²) in [5, 5.41) is 45.3. The number of rotatable bonds is 12. The molecule has 61 heavy (non-hydrogen) atoms. The van der Waals surface area contributed by atoms with E-state index in [4.69, 9.17) is 33.2 Å². The van der Waals surface area contributed by atoms with E-state index in [1.54, 1.807) is 45.0 Å². The van der Waals surface area contributed by atoms with Crippen LogP contribution in [0.1, 0.15) is 87.5 Å². The van der Waals surface area contributed by atoms with Crippen LogP contribution in [0.5, 0.6) is 0 Å². The minimum atomic E-state index is -1.23. The van der Waals surface area contributed by atoms with Crippen molar-refractivity contribution in [2.45, 2.75) is 167 Å². The lowest BCUT2D eigenvalue weighted by atomic mass is 9.79. The molecule has 0 aliphatic carbocycles. The molecule has 352 valence electrons. The Bertz CT molecular complexity index is 1420. The highest BCUT2D eigenvalue weighted by Gasteiger charge is 2.48. The number of aliphatic hydroxyl groups excluding tert-OH is 4. The van der Waals surface area contributed by atoms with E-state index in [0.717, 1.165) is 25.2 Å². The van der Waals surface area contributed by atoms with Crippen LogP contribution >= 0.6 is 0 Å². The smallest absolute Gasteiger partial charge is 0.308 e. The summed E-state index contributed by atoms with van der Waals surface area (Å²) in [5.41, 5.74) is 0.761. The van der Waals surface area contributed by atoms with E-state index in [1.165, 1.54) is 20.6 Å². The molecule has 3 fully saturated rings. The molecule has 4 rings (SSSR count). The third-order valence-corrected chi connectivity index (χ3v) is 13.5. The molecule has 3 saturated heterocycles. The first kappa shape index (κ1) is 51.8. The predicted molar refractivity (Wildman–Crippen MR) is 229 cm³/mol. The van der Waals surface area contributed by atoms with Gasteiger partial charge in [-0.2, -0.15) is 0 Å². The van der Waals surface area contributed by atoms with Crippen LogP contribution in [0.25, 0.3) is 0 Å². The van der Waals surface area contributed by atoms with Crippen molar-refractivity contribution in [3.63, 3.8) is 0 Å². The van der Waals surface area contributed by atoms with E-state index < -0.39 is 103 Å². The van der Waals surface area contributed by atoms with Gasteiger partial charge in [-0.25, -0.2) is 0 Å². The van der Waals surface area contributed by atoms with Gasteiger partial charge >= 0.3 is 5.97 Å². The van der Waals surface area contributed by atoms with Crippen molar-refractivity contribution in [3.8, 4) is 0 Å². The number of carbonyl (C=O) groups is 2. The number of allylic oxidation sites excluding steroid dienone is 3. The standard InChI is InChI=1S/C46H80N2O13/c1-13-36-33(24-57-46-44(56-12)43(55-11)40(53)31(8)59-46)19-25(2)14-15-34(49)28(5)20-32(16-17-48-22-26(3)18-27(4)23-48)42(29(6)35(50)21-37(51)60-36)61-45-41(54)38(47(9)10)39(52)30(7)58-45/h14-15,19,26-33,35-36,38-46,50,52-54H,13,16-18,20-24H2,1-12H3/b15-14+,25-19+/t26-,27+,28-,29+,30-,31-,32+,33-,35+,36-,38+,39-,40-,41-,42-,43-,44-,45+,46-/m1/s1. The number of hydrogen-bond acceptors (Lipinski definition) is 15. The largest absolute Gasteiger partial charge is 0.462 e. The van der Waals surface area contributed by atoms with Gasteiger partial charge in [0.15, 0.2) is 18.4 Å². The summed E-state index contributed by atoms with van der Waals surface area (Å²) < 4.78 is 42.6. The van der Waals surface area contributed by atoms with Gasteiger partial charge in [-0.05, 0) is 90.9 Å². The van der Waals surface area contributed by atoms with Gasteiger partial charge in [0.2, 0.25) is 0 Å². The Morgan fingerprint density at radius 1 is 0.820 bits per heavy atom. The van der Waals surface area contributed by atoms with Crippen LogP contribution in [0.15, 0.2) is 23.8 Å². The normalized spacial score (nSPS) is 44.3. The van der Waals surface area contributed by atoms with Gasteiger partial charge in [-0.3, -0.25) is 9.59 Å². The van der Waals surface area contributed by atoms with Crippen LogP contribution in [-0.4, -0.2) is 176 Å². The Kier molecular flexibility index (Phi) is 20.3. The SMILES string of the molecule is CC[C@H]1OC(=O)C[C@H](O)[C@H](C)[C@@H](O[C@@H]2O[C@H](C)[C@@H](O)[C@H](N(C)C)[C@H]2O)[C@@H](CCN2C[C@H](C)C[C@H](C)C2)C[C@@H](C)C(=O)/C=C/C(C)=C/[C@@H]1CO[C@@H]1O[C@H](C)[C@@H](O)[C@@H](OC)[C@H]1OC. The van der Waals surface area contributed by atoms with Crippen molar-refractivity contribution in [2.75, 3.05) is 54.6 Å². The van der Waals surface area contributed by atoms with E-state index in [2.05, 4.69) is 18.7 Å². The maximum absolute atomic E-state index is 14.0. The van der Waals surface area contributed by atoms with E-state index in [9.17, 15) is 30.0 Å². The Balaban J connectivity index is 1.68. The van der Waals surface area contributed by atoms with Crippen LogP contribution in [0.4, 0.5) is 0 Å². The molecule has 4 N–H and O–H groups in total. The minimum absolute atomic E-state index is 0.0427. The first-order chi connectivity index (χ1) is 28.8. The summed E-state index contributed by atoms with van der Waals surface area (Å²) >= 11 is 0. The second kappa shape index (κ2) is 23.9. The summed E-state index contributed by atoms with van der Waals surface area (Å²) in [7, 11) is 6.54. The quantitative estimate of drug-likeness (QED) is 0.209. The third kappa shape index (κ3) is 13.8. The average molecular weight is 869 g/mol. The van der Waals surface area contributed by atoms with Crippen LogP contribution in [0, 0.1) is 35.5 Å². The molecule has 0 aromatic heterocycles. The molecule has 15 nitrogen and oxygen atoms in total. The first-order valence-electron chi connectivity index (χ1n) is 22.6. The Hall–Kier alpha value is -1.86. The molecule has 4 aliphatic rings. The molecule has 0 bridgehead atoms. The number of likely N-dealkylation sites (tertiary alicyclic amines) is 1. The van der Waals surface area contributed by atoms with Crippen LogP contribution < -0.4 is 0 Å². The Morgan fingerprint density at radius 2 is 1.44 bits per heavy atom. The highest BCUT2D eigenvalue weighted by Crippen LogP contribution is 2.36. The molecule has 19 atom stereocenters. The third-order valence-electron chi connectivity index (χ3n) is 13.5. The van der Waals surface area contributed by atoms with Crippen molar-refractivity contribution in [3.05, 3.63) is 23.8 Å². The zero-order valence-electron chi connectivity index (χ0n) is 38.9. The molecule has 0 spiro atoms. The fourth-order valence-corrected chi connectivity index (χ4v) is 10.0. The molecular weight excluding hydrogens is 789 g/mol. The van der Waals surface area contributed by atoms with Gasteiger partial charge in [0.1, 0.15) is 30.5 Å². The summed E-state index contributed by atoms with van der Waals surface area (Å²) in [6.45, 7) is 18.2. The molecule has 0 aromatic carbocycles. The van der Waals surface area contributed by atoms with Crippen molar-refractivity contribution in [1.29, 1.82) is 0 Å². The van der Waals surface area contributed by atoms with E-state index >= 15 is 0 Å². The highest BCUT2D eigenvalue weighted by atomic mass is 16.7. The van der Waals surface area contributed by atoms with E-state index in [1.807, 2.05) is 33.8 Å². The van der Waals surface area contributed by atoms with Gasteiger partial charge in [0.25, 0.3) is 0 Å². The lowest BCUT2D eigenvalue weighted by molar-refractivity contribution is -0.304. The van der Waals surface area contributed by atoms with Crippen LogP contribution in [0.3, 0.4) is 0 Å². The Labute approximate surface area is 365 Å². The maximum Gasteiger partial charge on any atom is 0.308 e. The summed E-state index contributed by atoms with van der Waals surface area (Å²) in [5.74, 6) is -1.46. The van der Waals surface area contributed by atoms with Gasteiger partial charge in [-0.1, -0.05) is 52.3 Å². The lowest BCUT2D eigenvalue weighted by Crippen LogP contribution is -2.63. The van der Waals surface area contributed by atoms with Crippen LogP contribution in [-0.2, 0) is 42.7 Å². The van der Waals surface area contributed by atoms with Crippen molar-refractivity contribution < 1.29 is 63.2 Å². The number of piperidine rings is 1. The topological polar surface area (TPSA) is 186 Å². The molecule has 0 saturated carbocycles. The fraction of sp³-hybridized carbons (Fsp3) is 0.870. The highest BCUT2D eigenvalue weighted by molar-refractivity contribution is 5.91. The first-order valence-corrected chi connectivity index (χ1v) is 22.6. The second-order valence-electron chi connectivity index (χ2n) is 18.9. The van der Waals surface area contributed by atoms with Crippen molar-refractivity contribution >= 4 is 11.8 Å². The number of aliphatic hydroxyl groups is 4. The zero-order valence-corrected chi connectivity index (χ0v) is 38.9. The van der Waals surface area contributed by atoms with E-state index in [-0.39, 0.29) is 24.7 Å². The number of cyclic esters (lactones) is 1. The number of hydrogen-bond donors (Lipinski definition) is 4. The van der Waals surface area contributed by atoms with Gasteiger partial charge in [0.05, 0.1) is 49.6 Å². The number of likely N-dealkylation sites (N-methyl/N-ethyl adjacent to an activating group) is 1. The maximum atomic E-state index is 14.0. The molecule has 4 heterocycles. The molecule has 15 heteroatoms. The van der Waals surface area contributed by atoms with Gasteiger partial charge in [0, 0.05) is 45.1 Å². The number of carbonyl (C=O) groups excluding carboxylic acids is 2. The number of nitrogens with zero attached hydrogens (tertiary/aromatic N) is 2. The molecule has 0 radical (unpaired) electrons.